The van der Waals surface area contributed by atoms with Crippen molar-refractivity contribution in [3.63, 3.8) is 0 Å². The van der Waals surface area contributed by atoms with E-state index in [2.05, 4.69) is 10.3 Å². The minimum atomic E-state index is -3.96. The van der Waals surface area contributed by atoms with Crippen LogP contribution in [-0.2, 0) is 19.4 Å². The van der Waals surface area contributed by atoms with Gasteiger partial charge in [0.25, 0.3) is 0 Å². The van der Waals surface area contributed by atoms with Gasteiger partial charge in [0, 0.05) is 23.2 Å². The standard InChI is InChI=1S/C22H24N2O5S/c1-13-8-10-16(11-9-13)30(26,27)20-15(3)24-14(2)18(22(25)29-5)19(20)17-7-6-12-23-21(17)28-4/h6-12,19,24H,1-5H3/t19-/m0/s1. The summed E-state index contributed by atoms with van der Waals surface area (Å²) in [5.74, 6) is -1.32. The van der Waals surface area contributed by atoms with Crippen LogP contribution in [0.1, 0.15) is 30.9 Å². The Bertz CT molecular complexity index is 1150. The maximum Gasteiger partial charge on any atom is 0.336 e. The Morgan fingerprint density at radius 3 is 2.30 bits per heavy atom. The molecule has 30 heavy (non-hydrogen) atoms. The number of carbonyl (C=O) groups excluding carboxylic acids is 1. The first-order chi connectivity index (χ1) is 14.2. The number of aryl methyl sites for hydroxylation is 1. The lowest BCUT2D eigenvalue weighted by atomic mass is 9.87. The molecule has 0 fully saturated rings. The van der Waals surface area contributed by atoms with Gasteiger partial charge in [0.2, 0.25) is 15.7 Å². The zero-order valence-corrected chi connectivity index (χ0v) is 18.3. The number of methoxy groups -OCH3 is 2. The number of dihydropyridines is 1. The summed E-state index contributed by atoms with van der Waals surface area (Å²) in [5.41, 5.74) is 2.54. The lowest BCUT2D eigenvalue weighted by molar-refractivity contribution is -0.136. The largest absolute Gasteiger partial charge is 0.481 e. The van der Waals surface area contributed by atoms with Gasteiger partial charge < -0.3 is 14.8 Å². The third-order valence-corrected chi connectivity index (χ3v) is 7.04. The molecule has 1 aromatic carbocycles. The van der Waals surface area contributed by atoms with Gasteiger partial charge in [-0.2, -0.15) is 0 Å². The maximum atomic E-state index is 13.7. The second-order valence-corrected chi connectivity index (χ2v) is 8.91. The summed E-state index contributed by atoms with van der Waals surface area (Å²) in [5, 5.41) is 3.04. The number of pyridine rings is 1. The number of esters is 1. The summed E-state index contributed by atoms with van der Waals surface area (Å²) in [6.07, 6.45) is 1.54. The van der Waals surface area contributed by atoms with Crippen molar-refractivity contribution in [1.29, 1.82) is 0 Å². The molecule has 158 valence electrons. The number of aromatic nitrogens is 1. The molecule has 0 aliphatic carbocycles. The van der Waals surface area contributed by atoms with Crippen LogP contribution in [0.4, 0.5) is 0 Å². The van der Waals surface area contributed by atoms with Crippen LogP contribution in [0.15, 0.2) is 69.4 Å². The van der Waals surface area contributed by atoms with E-state index in [4.69, 9.17) is 9.47 Å². The monoisotopic (exact) mass is 428 g/mol. The minimum absolute atomic E-state index is 0.0589. The topological polar surface area (TPSA) is 94.6 Å². The van der Waals surface area contributed by atoms with E-state index in [1.807, 2.05) is 6.92 Å². The molecule has 0 spiro atoms. The summed E-state index contributed by atoms with van der Waals surface area (Å²) < 4.78 is 37.8. The molecule has 1 N–H and O–H groups in total. The molecule has 0 saturated heterocycles. The molecule has 0 radical (unpaired) electrons. The third-order valence-electron chi connectivity index (χ3n) is 5.03. The molecule has 1 atom stereocenters. The Balaban J connectivity index is 2.32. The SMILES string of the molecule is COC(=O)C1=C(C)NC(C)=C(S(=O)(=O)c2ccc(C)cc2)[C@H]1c1cccnc1OC. The minimum Gasteiger partial charge on any atom is -0.481 e. The van der Waals surface area contributed by atoms with Gasteiger partial charge in [0.05, 0.1) is 35.5 Å². The van der Waals surface area contributed by atoms with E-state index in [-0.39, 0.29) is 21.3 Å². The normalized spacial score (nSPS) is 16.9. The number of rotatable bonds is 5. The predicted molar refractivity (Wildman–Crippen MR) is 112 cm³/mol. The van der Waals surface area contributed by atoms with Crippen molar-refractivity contribution in [1.82, 2.24) is 10.3 Å². The van der Waals surface area contributed by atoms with Crippen LogP contribution < -0.4 is 10.1 Å². The van der Waals surface area contributed by atoms with E-state index in [0.717, 1.165) is 5.56 Å². The van der Waals surface area contributed by atoms with E-state index >= 15 is 0 Å². The third kappa shape index (κ3) is 3.70. The predicted octanol–water partition coefficient (Wildman–Crippen LogP) is 3.24. The van der Waals surface area contributed by atoms with Gasteiger partial charge in [0.15, 0.2) is 0 Å². The van der Waals surface area contributed by atoms with Crippen LogP contribution in [0.2, 0.25) is 0 Å². The van der Waals surface area contributed by atoms with Crippen molar-refractivity contribution < 1.29 is 22.7 Å². The molecule has 1 aliphatic rings. The lowest BCUT2D eigenvalue weighted by Crippen LogP contribution is -2.32. The highest BCUT2D eigenvalue weighted by Crippen LogP contribution is 2.45. The average molecular weight is 429 g/mol. The molecular formula is C22H24N2O5S. The Labute approximate surface area is 176 Å². The Kier molecular flexibility index (Phi) is 5.98. The molecule has 1 aliphatic heterocycles. The summed E-state index contributed by atoms with van der Waals surface area (Å²) in [7, 11) is -1.24. The first-order valence-corrected chi connectivity index (χ1v) is 10.8. The summed E-state index contributed by atoms with van der Waals surface area (Å²) in [4.78, 5) is 17.1. The molecule has 1 aromatic heterocycles. The van der Waals surface area contributed by atoms with Crippen molar-refractivity contribution in [2.75, 3.05) is 14.2 Å². The number of allylic oxidation sites excluding steroid dienone is 3. The van der Waals surface area contributed by atoms with E-state index in [1.54, 1.807) is 56.4 Å². The molecule has 3 rings (SSSR count). The number of hydrogen-bond donors (Lipinski definition) is 1. The summed E-state index contributed by atoms with van der Waals surface area (Å²) >= 11 is 0. The second-order valence-electron chi connectivity index (χ2n) is 7.00. The van der Waals surface area contributed by atoms with Crippen LogP contribution in [-0.4, -0.2) is 33.6 Å². The molecule has 0 amide bonds. The highest BCUT2D eigenvalue weighted by Gasteiger charge is 2.41. The van der Waals surface area contributed by atoms with Crippen molar-refractivity contribution in [2.45, 2.75) is 31.6 Å². The Morgan fingerprint density at radius 1 is 1.03 bits per heavy atom. The molecule has 0 bridgehead atoms. The molecular weight excluding hydrogens is 404 g/mol. The number of carbonyl (C=O) groups is 1. The lowest BCUT2D eigenvalue weighted by Gasteiger charge is -2.31. The summed E-state index contributed by atoms with van der Waals surface area (Å²) in [6.45, 7) is 5.27. The van der Waals surface area contributed by atoms with Gasteiger partial charge >= 0.3 is 5.97 Å². The molecule has 2 heterocycles. The fourth-order valence-corrected chi connectivity index (χ4v) is 5.40. The van der Waals surface area contributed by atoms with Crippen LogP contribution in [0.5, 0.6) is 5.88 Å². The van der Waals surface area contributed by atoms with Gasteiger partial charge in [-0.25, -0.2) is 18.2 Å². The average Bonchev–Trinajstić information content (AvgIpc) is 2.72. The van der Waals surface area contributed by atoms with E-state index < -0.39 is 21.7 Å². The van der Waals surface area contributed by atoms with Crippen molar-refractivity contribution in [3.05, 3.63) is 75.6 Å². The molecule has 8 heteroatoms. The van der Waals surface area contributed by atoms with Crippen LogP contribution >= 0.6 is 0 Å². The smallest absolute Gasteiger partial charge is 0.336 e. The highest BCUT2D eigenvalue weighted by molar-refractivity contribution is 7.95. The number of hydrogen-bond acceptors (Lipinski definition) is 7. The van der Waals surface area contributed by atoms with Gasteiger partial charge in [-0.05, 0) is 39.0 Å². The fraction of sp³-hybridized carbons (Fsp3) is 0.273. The van der Waals surface area contributed by atoms with E-state index in [9.17, 15) is 13.2 Å². The van der Waals surface area contributed by atoms with Gasteiger partial charge in [0.1, 0.15) is 0 Å². The zero-order chi connectivity index (χ0) is 22.1. The number of nitrogens with zero attached hydrogens (tertiary/aromatic N) is 1. The van der Waals surface area contributed by atoms with E-state index in [0.29, 0.717) is 17.0 Å². The summed E-state index contributed by atoms with van der Waals surface area (Å²) in [6, 6.07) is 9.98. The number of nitrogens with one attached hydrogen (secondary N) is 1. The number of ether oxygens (including phenoxy) is 2. The van der Waals surface area contributed by atoms with Crippen molar-refractivity contribution in [3.8, 4) is 5.88 Å². The van der Waals surface area contributed by atoms with Gasteiger partial charge in [-0.3, -0.25) is 0 Å². The Hall–Kier alpha value is -3.13. The first-order valence-electron chi connectivity index (χ1n) is 9.29. The highest BCUT2D eigenvalue weighted by atomic mass is 32.2. The van der Waals surface area contributed by atoms with Gasteiger partial charge in [-0.15, -0.1) is 0 Å². The zero-order valence-electron chi connectivity index (χ0n) is 17.5. The molecule has 0 unspecified atom stereocenters. The second kappa shape index (κ2) is 8.31. The van der Waals surface area contributed by atoms with Crippen LogP contribution in [0.3, 0.4) is 0 Å². The first kappa shape index (κ1) is 21.6. The number of sulfone groups is 1. The fourth-order valence-electron chi connectivity index (χ4n) is 3.65. The van der Waals surface area contributed by atoms with Crippen LogP contribution in [0.25, 0.3) is 0 Å². The maximum absolute atomic E-state index is 13.7. The quantitative estimate of drug-likeness (QED) is 0.731. The Morgan fingerprint density at radius 2 is 1.70 bits per heavy atom. The van der Waals surface area contributed by atoms with Crippen LogP contribution in [0, 0.1) is 6.92 Å². The molecule has 7 nitrogen and oxygen atoms in total. The molecule has 2 aromatic rings. The van der Waals surface area contributed by atoms with Crippen molar-refractivity contribution >= 4 is 15.8 Å². The van der Waals surface area contributed by atoms with Crippen molar-refractivity contribution in [2.24, 2.45) is 0 Å². The van der Waals surface area contributed by atoms with Gasteiger partial charge in [-0.1, -0.05) is 23.8 Å². The number of benzene rings is 1. The van der Waals surface area contributed by atoms with E-state index in [1.165, 1.54) is 14.2 Å². The molecule has 0 saturated carbocycles.